The van der Waals surface area contributed by atoms with Crippen LogP contribution in [0.3, 0.4) is 0 Å². The highest BCUT2D eigenvalue weighted by Crippen LogP contribution is 2.44. The largest absolute Gasteiger partial charge is 0.472 e. The number of amides is 2. The molecule has 2 fully saturated rings. The van der Waals surface area contributed by atoms with Crippen molar-refractivity contribution < 1.29 is 90.7 Å². The van der Waals surface area contributed by atoms with E-state index in [0.29, 0.717) is 32.1 Å². The fourth-order valence-electron chi connectivity index (χ4n) is 11.8. The van der Waals surface area contributed by atoms with E-state index in [1.807, 2.05) is 0 Å². The van der Waals surface area contributed by atoms with Gasteiger partial charge in [0.05, 0.1) is 31.8 Å². The number of aliphatic hydroxyl groups excluding tert-OH is 2. The molecule has 0 spiro atoms. The zero-order chi connectivity index (χ0) is 65.4. The molecule has 0 bridgehead atoms. The van der Waals surface area contributed by atoms with Crippen LogP contribution in [0.1, 0.15) is 285 Å². The van der Waals surface area contributed by atoms with E-state index in [1.54, 1.807) is 7.11 Å². The Hall–Kier alpha value is -1.46. The number of allylic oxidation sites excluding steroid dienone is 2. The maximum atomic E-state index is 14.1. The Morgan fingerprint density at radius 2 is 0.933 bits per heavy atom. The normalized spacial score (nSPS) is 23.3. The van der Waals surface area contributed by atoms with Crippen molar-refractivity contribution in [1.29, 1.82) is 0 Å². The Morgan fingerprint density at radius 1 is 0.483 bits per heavy atom. The zero-order valence-corrected chi connectivity index (χ0v) is 57.9. The summed E-state index contributed by atoms with van der Waals surface area (Å²) in [6.45, 7) is 7.97. The van der Waals surface area contributed by atoms with E-state index < -0.39 is 101 Å². The van der Waals surface area contributed by atoms with Gasteiger partial charge in [-0.1, -0.05) is 226 Å². The van der Waals surface area contributed by atoms with Crippen molar-refractivity contribution in [2.75, 3.05) is 40.6 Å². The molecule has 21 nitrogen and oxygen atoms in total. The highest BCUT2D eigenvalue weighted by molar-refractivity contribution is 7.46. The third kappa shape index (κ3) is 41.2. The fourth-order valence-corrected chi connectivity index (χ4v) is 12.8. The maximum absolute atomic E-state index is 14.1. The molecule has 2 heterocycles. The van der Waals surface area contributed by atoms with E-state index in [4.69, 9.17) is 42.2 Å². The summed E-state index contributed by atoms with van der Waals surface area (Å²) in [7, 11) is -7.66. The summed E-state index contributed by atoms with van der Waals surface area (Å²) in [5.74, 6) is -1.09. The molecule has 8 N–H and O–H groups in total. The van der Waals surface area contributed by atoms with Crippen LogP contribution in [0.5, 0.6) is 0 Å². The lowest BCUT2D eigenvalue weighted by Crippen LogP contribution is -2.67. The van der Waals surface area contributed by atoms with E-state index in [-0.39, 0.29) is 38.8 Å². The highest BCUT2D eigenvalue weighted by Gasteiger charge is 2.53. The lowest BCUT2D eigenvalue weighted by atomic mass is 9.95. The summed E-state index contributed by atoms with van der Waals surface area (Å²) in [4.78, 5) is 69.1. The third-order valence-electron chi connectivity index (χ3n) is 17.0. The summed E-state index contributed by atoms with van der Waals surface area (Å²) in [5, 5.41) is 29.0. The van der Waals surface area contributed by atoms with Crippen LogP contribution in [0, 0.1) is 0 Å². The number of phosphoric acid groups is 2. The summed E-state index contributed by atoms with van der Waals surface area (Å²) >= 11 is 0. The van der Waals surface area contributed by atoms with Crippen LogP contribution in [0.15, 0.2) is 12.2 Å². The second-order valence-corrected chi connectivity index (χ2v) is 27.4. The molecule has 0 radical (unpaired) electrons. The van der Waals surface area contributed by atoms with Gasteiger partial charge in [0.1, 0.15) is 48.7 Å². The molecule has 2 unspecified atom stereocenters. The maximum Gasteiger partial charge on any atom is 0.472 e. The molecule has 89 heavy (non-hydrogen) atoms. The number of methoxy groups -OCH3 is 2. The van der Waals surface area contributed by atoms with Crippen molar-refractivity contribution in [2.24, 2.45) is 0 Å². The molecule has 526 valence electrons. The molecule has 2 saturated heterocycles. The van der Waals surface area contributed by atoms with E-state index in [1.165, 1.54) is 64.9 Å². The number of nitrogens with one attached hydrogen (secondary N) is 2. The summed E-state index contributed by atoms with van der Waals surface area (Å²) < 4.78 is 79.4. The van der Waals surface area contributed by atoms with Crippen molar-refractivity contribution in [3.05, 3.63) is 12.2 Å². The molecule has 2 aliphatic rings. The van der Waals surface area contributed by atoms with Crippen molar-refractivity contribution >= 4 is 27.5 Å². The van der Waals surface area contributed by atoms with E-state index in [2.05, 4.69) is 50.5 Å². The third-order valence-corrected chi connectivity index (χ3v) is 18.0. The van der Waals surface area contributed by atoms with Crippen molar-refractivity contribution in [2.45, 2.75) is 358 Å². The molecule has 0 aromatic heterocycles. The Kier molecular flexibility index (Phi) is 49.6. The number of unbranched alkanes of at least 4 members (excludes halogenated alkanes) is 30. The molecule has 12 atom stereocenters. The molecule has 0 aromatic rings. The summed E-state index contributed by atoms with van der Waals surface area (Å²) in [6, 6.07) is -2.79. The molecule has 2 rings (SSSR count). The first kappa shape index (κ1) is 83.6. The van der Waals surface area contributed by atoms with Gasteiger partial charge in [-0.2, -0.15) is 0 Å². The Labute approximate surface area is 537 Å². The minimum Gasteiger partial charge on any atom is -0.393 e. The number of phosphoric ester groups is 2. The number of hydrogen-bond donors (Lipinski definition) is 8. The SMILES string of the molecule is CCCCCC/C=C\CCCCCCCCCC(=O)N[C@H]1[C@H](OC[C@H]2O[C@H](OP(=O)(O)O)[C@H](NC(=O)CC(O)CCCCCCCCCCC)[C@@H](OCCCCCCCCCC)[C@@H]2O)O[C@H](COC)[C@@H](OP(=O)(O)O)[C@@H]1OCCC(CCCCCCC)OC. The second kappa shape index (κ2) is 52.8. The standard InChI is InChI=1S/C66H128N2O19P2/c1-7-11-15-19-22-25-26-27-28-29-30-32-34-38-42-46-57(70)67-60-64(82-49-47-54(80-6)45-41-36-18-14-10-4)62(86-88(73,74)75)56(51-79-5)85-65(60)83-52-55-61(72)63(81-48-43-39-35-24-21-17-13-9-3)59(66(84-55)87-89(76,77)78)68-58(71)50-53(69)44-40-37-33-31-23-20-16-12-8-2/h25-26,53-56,59-66,69,72H,7-24,27-52H2,1-6H3,(H,67,70)(H,68,71)(H2,73,74,75)(H2,76,77,78)/b26-25-/t53?,54?,55-,56-,59-,60-,61-,62-,63-,64-,65-,66-/m1/s1. The molecule has 0 saturated carbocycles. The van der Waals surface area contributed by atoms with Crippen molar-refractivity contribution in [3.63, 3.8) is 0 Å². The lowest BCUT2D eigenvalue weighted by molar-refractivity contribution is -0.301. The minimum absolute atomic E-state index is 0.0143. The summed E-state index contributed by atoms with van der Waals surface area (Å²) in [5.41, 5.74) is 0. The molecule has 2 amide bonds. The summed E-state index contributed by atoms with van der Waals surface area (Å²) in [6.07, 6.45) is 29.5. The predicted octanol–water partition coefficient (Wildman–Crippen LogP) is 13.4. The molecular formula is C66H128N2O19P2. The monoisotopic (exact) mass is 1310 g/mol. The van der Waals surface area contributed by atoms with Crippen molar-refractivity contribution in [1.82, 2.24) is 10.6 Å². The molecule has 0 aromatic carbocycles. The topological polar surface area (TPSA) is 297 Å². The minimum atomic E-state index is -5.38. The van der Waals surface area contributed by atoms with E-state index >= 15 is 0 Å². The van der Waals surface area contributed by atoms with Gasteiger partial charge in [0.15, 0.2) is 12.6 Å². The number of ether oxygens (including phenoxy) is 7. The molecular weight excluding hydrogens is 1190 g/mol. The number of carbonyl (C=O) groups excluding carboxylic acids is 2. The average Bonchev–Trinajstić information content (AvgIpc) is 0.966. The van der Waals surface area contributed by atoms with Crippen LogP contribution in [0.2, 0.25) is 0 Å². The van der Waals surface area contributed by atoms with Gasteiger partial charge in [-0.25, -0.2) is 9.13 Å². The smallest absolute Gasteiger partial charge is 0.393 e. The predicted molar refractivity (Wildman–Crippen MR) is 348 cm³/mol. The van der Waals surface area contributed by atoms with Gasteiger partial charge in [-0.15, -0.1) is 0 Å². The van der Waals surface area contributed by atoms with Crippen LogP contribution < -0.4 is 10.6 Å². The van der Waals surface area contributed by atoms with Crippen LogP contribution in [0.25, 0.3) is 0 Å². The fraction of sp³-hybridized carbons (Fsp3) is 0.939. The molecule has 0 aliphatic carbocycles. The van der Waals surface area contributed by atoms with Crippen LogP contribution in [-0.2, 0) is 60.9 Å². The first-order valence-electron chi connectivity index (χ1n) is 35.2. The number of rotatable bonds is 59. The number of carbonyl (C=O) groups is 2. The number of hydrogen-bond acceptors (Lipinski definition) is 15. The van der Waals surface area contributed by atoms with Gasteiger partial charge in [-0.3, -0.25) is 18.6 Å². The Bertz CT molecular complexity index is 1850. The van der Waals surface area contributed by atoms with Crippen LogP contribution >= 0.6 is 15.6 Å². The Balaban J connectivity index is 2.45. The lowest BCUT2D eigenvalue weighted by Gasteiger charge is -2.47. The van der Waals surface area contributed by atoms with Gasteiger partial charge < -0.3 is 73.6 Å². The molecule has 2 aliphatic heterocycles. The second-order valence-electron chi connectivity index (χ2n) is 25.0. The van der Waals surface area contributed by atoms with Crippen molar-refractivity contribution in [3.8, 4) is 0 Å². The average molecular weight is 1320 g/mol. The van der Waals surface area contributed by atoms with E-state index in [9.17, 15) is 48.5 Å². The van der Waals surface area contributed by atoms with Gasteiger partial charge in [0.25, 0.3) is 0 Å². The van der Waals surface area contributed by atoms with Gasteiger partial charge >= 0.3 is 15.6 Å². The molecule has 23 heteroatoms. The van der Waals surface area contributed by atoms with Gasteiger partial charge in [-0.05, 0) is 57.8 Å². The highest BCUT2D eigenvalue weighted by atomic mass is 31.2. The van der Waals surface area contributed by atoms with Gasteiger partial charge in [0, 0.05) is 33.9 Å². The first-order chi connectivity index (χ1) is 42.9. The number of aliphatic hydroxyl groups is 2. The van der Waals surface area contributed by atoms with Crippen LogP contribution in [-0.4, -0.2) is 156 Å². The zero-order valence-electron chi connectivity index (χ0n) is 56.1. The van der Waals surface area contributed by atoms with Gasteiger partial charge in [0.2, 0.25) is 11.8 Å². The Morgan fingerprint density at radius 3 is 1.46 bits per heavy atom. The quantitative estimate of drug-likeness (QED) is 0.0159. The first-order valence-corrected chi connectivity index (χ1v) is 38.2. The van der Waals surface area contributed by atoms with Crippen LogP contribution in [0.4, 0.5) is 0 Å². The van der Waals surface area contributed by atoms with E-state index in [0.717, 1.165) is 154 Å².